The van der Waals surface area contributed by atoms with Crippen molar-refractivity contribution in [2.75, 3.05) is 19.5 Å². The van der Waals surface area contributed by atoms with Crippen LogP contribution in [0, 0.1) is 0 Å². The number of aryl methyl sites for hydroxylation is 1. The highest BCUT2D eigenvalue weighted by molar-refractivity contribution is 7.18. The molecule has 36 heavy (non-hydrogen) atoms. The van der Waals surface area contributed by atoms with Crippen LogP contribution in [0.5, 0.6) is 11.5 Å². The maximum atomic E-state index is 13.7. The number of nitrogens with one attached hydrogen (secondary N) is 1. The number of thiophene rings is 1. The second kappa shape index (κ2) is 9.32. The minimum absolute atomic E-state index is 0.0172. The fourth-order valence-electron chi connectivity index (χ4n) is 5.26. The molecule has 1 aliphatic rings. The van der Waals surface area contributed by atoms with Gasteiger partial charge in [-0.1, -0.05) is 42.5 Å². The molecule has 1 atom stereocenters. The van der Waals surface area contributed by atoms with Crippen molar-refractivity contribution in [1.82, 2.24) is 9.55 Å². The molecule has 1 unspecified atom stereocenters. The maximum absolute atomic E-state index is 13.7. The predicted octanol–water partition coefficient (Wildman–Crippen LogP) is 5.65. The van der Waals surface area contributed by atoms with Crippen LogP contribution in [0.2, 0.25) is 0 Å². The second-order valence-electron chi connectivity index (χ2n) is 9.11. The van der Waals surface area contributed by atoms with E-state index in [9.17, 15) is 4.79 Å². The zero-order valence-corrected chi connectivity index (χ0v) is 21.1. The summed E-state index contributed by atoms with van der Waals surface area (Å²) in [6.45, 7) is 0.412. The monoisotopic (exact) mass is 497 g/mol. The van der Waals surface area contributed by atoms with Crippen LogP contribution in [0.4, 0.5) is 5.69 Å². The van der Waals surface area contributed by atoms with Crippen LogP contribution < -0.4 is 20.3 Å². The Labute approximate surface area is 213 Å². The fraction of sp³-hybridized carbons (Fsp3) is 0.241. The van der Waals surface area contributed by atoms with Crippen LogP contribution in [0.3, 0.4) is 0 Å². The number of aromatic nitrogens is 2. The van der Waals surface area contributed by atoms with Crippen LogP contribution in [0.25, 0.3) is 21.0 Å². The van der Waals surface area contributed by atoms with Gasteiger partial charge in [0.1, 0.15) is 16.3 Å². The summed E-state index contributed by atoms with van der Waals surface area (Å²) in [5, 5.41) is 6.62. The van der Waals surface area contributed by atoms with Gasteiger partial charge in [-0.25, -0.2) is 4.98 Å². The first kappa shape index (κ1) is 22.6. The van der Waals surface area contributed by atoms with Crippen molar-refractivity contribution < 1.29 is 9.47 Å². The molecule has 0 radical (unpaired) electrons. The third kappa shape index (κ3) is 3.89. The van der Waals surface area contributed by atoms with E-state index in [-0.39, 0.29) is 11.6 Å². The van der Waals surface area contributed by atoms with E-state index in [4.69, 9.17) is 14.5 Å². The highest BCUT2D eigenvalue weighted by Gasteiger charge is 2.26. The Morgan fingerprint density at radius 2 is 1.83 bits per heavy atom. The van der Waals surface area contributed by atoms with Crippen LogP contribution in [-0.2, 0) is 19.4 Å². The van der Waals surface area contributed by atoms with Gasteiger partial charge in [-0.05, 0) is 47.4 Å². The molecule has 0 fully saturated rings. The largest absolute Gasteiger partial charge is 0.496 e. The maximum Gasteiger partial charge on any atom is 0.262 e. The second-order valence-corrected chi connectivity index (χ2v) is 10.2. The first-order valence-electron chi connectivity index (χ1n) is 12.1. The molecule has 0 spiro atoms. The summed E-state index contributed by atoms with van der Waals surface area (Å²) >= 11 is 1.64. The summed E-state index contributed by atoms with van der Waals surface area (Å²) in [5.74, 6) is 1.62. The summed E-state index contributed by atoms with van der Waals surface area (Å²) in [7, 11) is 3.36. The molecule has 6 rings (SSSR count). The topological polar surface area (TPSA) is 65.4 Å². The molecular formula is C29H27N3O3S. The Balaban J connectivity index is 1.34. The van der Waals surface area contributed by atoms with E-state index in [1.54, 1.807) is 36.5 Å². The number of benzene rings is 3. The Morgan fingerprint density at radius 1 is 1.03 bits per heavy atom. The molecule has 1 aliphatic carbocycles. The van der Waals surface area contributed by atoms with Gasteiger partial charge in [0.15, 0.2) is 0 Å². The molecular weight excluding hydrogens is 470 g/mol. The van der Waals surface area contributed by atoms with E-state index >= 15 is 0 Å². The lowest BCUT2D eigenvalue weighted by Gasteiger charge is -2.25. The van der Waals surface area contributed by atoms with Crippen LogP contribution in [-0.4, -0.2) is 29.8 Å². The Hall–Kier alpha value is -3.84. The number of hydrogen-bond donors (Lipinski definition) is 1. The summed E-state index contributed by atoms with van der Waals surface area (Å²) in [4.78, 5) is 20.5. The van der Waals surface area contributed by atoms with Crippen molar-refractivity contribution in [3.63, 3.8) is 0 Å². The van der Waals surface area contributed by atoms with Crippen LogP contribution >= 0.6 is 11.3 Å². The molecule has 0 bridgehead atoms. The van der Waals surface area contributed by atoms with Crippen molar-refractivity contribution in [2.24, 2.45) is 0 Å². The van der Waals surface area contributed by atoms with Gasteiger partial charge in [-0.2, -0.15) is 0 Å². The smallest absolute Gasteiger partial charge is 0.262 e. The number of rotatable bonds is 6. The van der Waals surface area contributed by atoms with Gasteiger partial charge < -0.3 is 14.8 Å². The van der Waals surface area contributed by atoms with Gasteiger partial charge in [0.25, 0.3) is 5.56 Å². The average molecular weight is 498 g/mol. The summed E-state index contributed by atoms with van der Waals surface area (Å²) in [5.41, 5.74) is 3.16. The minimum Gasteiger partial charge on any atom is -0.496 e. The molecule has 6 nitrogen and oxygen atoms in total. The standard InChI is InChI=1S/C29H27N3O3S/c1-34-24-14-11-18-7-3-4-8-20(18)22(24)16-32-17-30-28-27(29(32)33)21-13-12-19(15-26(21)36-28)31-23-9-5-6-10-25(23)35-2/h3-11,14,17,19,31H,12-13,15-16H2,1-2H3. The molecule has 7 heteroatoms. The van der Waals surface area contributed by atoms with E-state index in [2.05, 4.69) is 17.4 Å². The molecule has 0 saturated heterocycles. The van der Waals surface area contributed by atoms with Crippen molar-refractivity contribution in [3.05, 3.63) is 93.3 Å². The number of ether oxygens (including phenoxy) is 2. The quantitative estimate of drug-likeness (QED) is 0.329. The third-order valence-electron chi connectivity index (χ3n) is 7.05. The van der Waals surface area contributed by atoms with E-state index < -0.39 is 0 Å². The number of nitrogens with zero attached hydrogens (tertiary/aromatic N) is 2. The zero-order valence-electron chi connectivity index (χ0n) is 20.3. The van der Waals surface area contributed by atoms with Crippen molar-refractivity contribution in [3.8, 4) is 11.5 Å². The lowest BCUT2D eigenvalue weighted by Crippen LogP contribution is -2.27. The highest BCUT2D eigenvalue weighted by atomic mass is 32.1. The van der Waals surface area contributed by atoms with Gasteiger partial charge >= 0.3 is 0 Å². The molecule has 1 N–H and O–H groups in total. The van der Waals surface area contributed by atoms with Gasteiger partial charge in [0.05, 0.1) is 38.2 Å². The predicted molar refractivity (Wildman–Crippen MR) is 146 cm³/mol. The van der Waals surface area contributed by atoms with E-state index in [0.717, 1.165) is 68.6 Å². The molecule has 0 saturated carbocycles. The number of para-hydroxylation sites is 2. The van der Waals surface area contributed by atoms with Gasteiger partial charge in [0.2, 0.25) is 0 Å². The number of fused-ring (bicyclic) bond motifs is 4. The molecule has 2 heterocycles. The first-order chi connectivity index (χ1) is 17.7. The highest BCUT2D eigenvalue weighted by Crippen LogP contribution is 2.36. The number of hydrogen-bond acceptors (Lipinski definition) is 6. The fourth-order valence-corrected chi connectivity index (χ4v) is 6.52. The van der Waals surface area contributed by atoms with Gasteiger partial charge in [-0.3, -0.25) is 9.36 Å². The molecule has 5 aromatic rings. The Bertz CT molecular complexity index is 1640. The molecule has 3 aromatic carbocycles. The molecule has 0 aliphatic heterocycles. The average Bonchev–Trinajstić information content (AvgIpc) is 3.29. The summed E-state index contributed by atoms with van der Waals surface area (Å²) in [6.07, 6.45) is 4.34. The Morgan fingerprint density at radius 3 is 2.69 bits per heavy atom. The number of anilines is 1. The molecule has 2 aromatic heterocycles. The minimum atomic E-state index is 0.0172. The lowest BCUT2D eigenvalue weighted by atomic mass is 9.93. The van der Waals surface area contributed by atoms with Gasteiger partial charge in [-0.15, -0.1) is 11.3 Å². The molecule has 182 valence electrons. The number of methoxy groups -OCH3 is 2. The van der Waals surface area contributed by atoms with Crippen molar-refractivity contribution >= 4 is 38.0 Å². The third-order valence-corrected chi connectivity index (χ3v) is 8.21. The van der Waals surface area contributed by atoms with E-state index in [1.165, 1.54) is 4.88 Å². The van der Waals surface area contributed by atoms with Crippen molar-refractivity contribution in [2.45, 2.75) is 31.8 Å². The van der Waals surface area contributed by atoms with Crippen LogP contribution in [0.1, 0.15) is 22.4 Å². The van der Waals surface area contributed by atoms with Crippen LogP contribution in [0.15, 0.2) is 71.8 Å². The molecule has 0 amide bonds. The Kier molecular flexibility index (Phi) is 5.85. The normalized spacial score (nSPS) is 15.1. The summed E-state index contributed by atoms with van der Waals surface area (Å²) < 4.78 is 12.9. The SMILES string of the molecule is COc1ccccc1NC1CCc2c(sc3ncn(Cc4c(OC)ccc5ccccc45)c(=O)c23)C1. The van der Waals surface area contributed by atoms with E-state index in [1.807, 2.05) is 48.5 Å². The first-order valence-corrected chi connectivity index (χ1v) is 12.9. The zero-order chi connectivity index (χ0) is 24.6. The van der Waals surface area contributed by atoms with Gasteiger partial charge in [0, 0.05) is 22.9 Å². The summed E-state index contributed by atoms with van der Waals surface area (Å²) in [6, 6.07) is 20.5. The van der Waals surface area contributed by atoms with E-state index in [0.29, 0.717) is 6.54 Å². The lowest BCUT2D eigenvalue weighted by molar-refractivity contribution is 0.409. The van der Waals surface area contributed by atoms with Crippen molar-refractivity contribution in [1.29, 1.82) is 0 Å².